The van der Waals surface area contributed by atoms with E-state index in [9.17, 15) is 18.0 Å². The first-order chi connectivity index (χ1) is 15.2. The number of carbonyl (C=O) groups excluding carboxylic acids is 1. The van der Waals surface area contributed by atoms with E-state index in [1.165, 1.54) is 0 Å². The third-order valence-electron chi connectivity index (χ3n) is 6.05. The number of hydrogen-bond acceptors (Lipinski definition) is 6. The van der Waals surface area contributed by atoms with Crippen LogP contribution in [0.5, 0.6) is 0 Å². The third-order valence-corrected chi connectivity index (χ3v) is 6.05. The van der Waals surface area contributed by atoms with E-state index in [1.807, 2.05) is 7.05 Å². The first-order valence-corrected chi connectivity index (χ1v) is 10.7. The summed E-state index contributed by atoms with van der Waals surface area (Å²) in [5.74, 6) is -1.72. The third kappa shape index (κ3) is 6.20. The van der Waals surface area contributed by atoms with Gasteiger partial charge >= 0.3 is 12.1 Å². The molecule has 1 amide bonds. The van der Waals surface area contributed by atoms with Crippen molar-refractivity contribution in [3.05, 3.63) is 18.2 Å². The van der Waals surface area contributed by atoms with Crippen LogP contribution in [-0.4, -0.2) is 88.7 Å². The molecule has 9 nitrogen and oxygen atoms in total. The molecule has 180 valence electrons. The molecule has 0 spiro atoms. The number of alkyl halides is 3. The first-order valence-electron chi connectivity index (χ1n) is 10.7. The Bertz CT molecular complexity index is 782. The van der Waals surface area contributed by atoms with Crippen LogP contribution in [0.15, 0.2) is 12.4 Å². The molecule has 32 heavy (non-hydrogen) atoms. The summed E-state index contributed by atoms with van der Waals surface area (Å²) in [6.45, 7) is 4.50. The van der Waals surface area contributed by atoms with Gasteiger partial charge in [0.2, 0.25) is 0 Å². The number of aryl methyl sites for hydroxylation is 1. The predicted molar refractivity (Wildman–Crippen MR) is 106 cm³/mol. The first kappa shape index (κ1) is 24.5. The molecule has 3 atom stereocenters. The number of carboxylic acid groups (broad SMARTS) is 1. The van der Waals surface area contributed by atoms with Crippen molar-refractivity contribution >= 4 is 11.9 Å². The van der Waals surface area contributed by atoms with Crippen LogP contribution in [0.2, 0.25) is 0 Å². The number of fused-ring (bicyclic) bond motifs is 1. The molecule has 4 rings (SSSR count). The van der Waals surface area contributed by atoms with Crippen LogP contribution in [0, 0.1) is 5.92 Å². The monoisotopic (exact) mass is 462 g/mol. The van der Waals surface area contributed by atoms with Crippen molar-refractivity contribution in [3.63, 3.8) is 0 Å². The number of imidazole rings is 1. The van der Waals surface area contributed by atoms with E-state index in [0.29, 0.717) is 17.8 Å². The number of halogens is 3. The van der Waals surface area contributed by atoms with E-state index in [4.69, 9.17) is 19.4 Å². The van der Waals surface area contributed by atoms with E-state index in [1.54, 1.807) is 17.0 Å². The second kappa shape index (κ2) is 10.6. The average Bonchev–Trinajstić information content (AvgIpc) is 3.33. The van der Waals surface area contributed by atoms with Crippen LogP contribution >= 0.6 is 0 Å². The second-order valence-electron chi connectivity index (χ2n) is 8.30. The van der Waals surface area contributed by atoms with Gasteiger partial charge in [0.05, 0.1) is 12.1 Å². The maximum Gasteiger partial charge on any atom is 0.490 e. The van der Waals surface area contributed by atoms with Gasteiger partial charge in [0.1, 0.15) is 0 Å². The van der Waals surface area contributed by atoms with Gasteiger partial charge < -0.3 is 24.5 Å². The summed E-state index contributed by atoms with van der Waals surface area (Å²) < 4.78 is 45.1. The Morgan fingerprint density at radius 1 is 1.25 bits per heavy atom. The van der Waals surface area contributed by atoms with Gasteiger partial charge in [-0.1, -0.05) is 0 Å². The standard InChI is InChI=1S/C18H28N4O3.C2HF3O2/c1-21-7-6-19-17(21)18(23)20-14-12-22(11-13-4-9-24-10-5-13)15-3-2-8-25-16(14)15;3-2(4,5)1(6)7/h6-7,13-16H,2-5,8-12H2,1H3,(H,20,23);(H,6,7)/t14-,15-,16-;/m1./s1. The van der Waals surface area contributed by atoms with Gasteiger partial charge in [-0.3, -0.25) is 9.69 Å². The number of ether oxygens (including phenoxy) is 2. The molecule has 1 aromatic heterocycles. The van der Waals surface area contributed by atoms with Gasteiger partial charge in [-0.15, -0.1) is 0 Å². The SMILES string of the molecule is Cn1ccnc1C(=O)N[C@@H]1CN(CC2CCOCC2)[C@@H]2CCCO[C@@H]21.O=C(O)C(F)(F)F. The Hall–Kier alpha value is -2.18. The van der Waals surface area contributed by atoms with E-state index in [-0.39, 0.29) is 18.1 Å². The maximum atomic E-state index is 12.6. The van der Waals surface area contributed by atoms with Gasteiger partial charge in [0.25, 0.3) is 5.91 Å². The van der Waals surface area contributed by atoms with Crippen LogP contribution in [0.3, 0.4) is 0 Å². The van der Waals surface area contributed by atoms with E-state index < -0.39 is 12.1 Å². The predicted octanol–water partition coefficient (Wildman–Crippen LogP) is 1.44. The van der Waals surface area contributed by atoms with Crippen LogP contribution in [0.4, 0.5) is 13.2 Å². The molecule has 3 saturated heterocycles. The highest BCUT2D eigenvalue weighted by Crippen LogP contribution is 2.31. The van der Waals surface area contributed by atoms with Gasteiger partial charge in [-0.25, -0.2) is 9.78 Å². The highest BCUT2D eigenvalue weighted by Gasteiger charge is 2.45. The number of likely N-dealkylation sites (tertiary alicyclic amines) is 1. The van der Waals surface area contributed by atoms with Crippen LogP contribution < -0.4 is 5.32 Å². The zero-order chi connectivity index (χ0) is 23.3. The quantitative estimate of drug-likeness (QED) is 0.698. The smallest absolute Gasteiger partial charge is 0.475 e. The maximum absolute atomic E-state index is 12.6. The lowest BCUT2D eigenvalue weighted by Gasteiger charge is -2.34. The fourth-order valence-corrected chi connectivity index (χ4v) is 4.47. The van der Waals surface area contributed by atoms with Gasteiger partial charge in [0.15, 0.2) is 5.82 Å². The summed E-state index contributed by atoms with van der Waals surface area (Å²) in [7, 11) is 1.84. The van der Waals surface area contributed by atoms with Gasteiger partial charge in [-0.05, 0) is 31.6 Å². The Kier molecular flexibility index (Phi) is 8.12. The van der Waals surface area contributed by atoms with Crippen LogP contribution in [-0.2, 0) is 21.3 Å². The molecule has 3 aliphatic rings. The van der Waals surface area contributed by atoms with E-state index >= 15 is 0 Å². The molecule has 0 radical (unpaired) electrons. The summed E-state index contributed by atoms with van der Waals surface area (Å²) in [4.78, 5) is 28.2. The Labute approximate surface area is 183 Å². The molecular weight excluding hydrogens is 433 g/mol. The minimum absolute atomic E-state index is 0.0364. The summed E-state index contributed by atoms with van der Waals surface area (Å²) >= 11 is 0. The molecule has 3 fully saturated rings. The van der Waals surface area contributed by atoms with Gasteiger partial charge in [-0.2, -0.15) is 13.2 Å². The highest BCUT2D eigenvalue weighted by atomic mass is 19.4. The molecule has 3 aliphatic heterocycles. The topological polar surface area (TPSA) is 106 Å². The van der Waals surface area contributed by atoms with Crippen molar-refractivity contribution in [1.82, 2.24) is 19.8 Å². The van der Waals surface area contributed by atoms with Crippen molar-refractivity contribution in [2.75, 3.05) is 32.9 Å². The molecule has 4 heterocycles. The molecule has 2 N–H and O–H groups in total. The van der Waals surface area contributed by atoms with Crippen molar-refractivity contribution in [2.24, 2.45) is 13.0 Å². The number of amides is 1. The lowest BCUT2D eigenvalue weighted by atomic mass is 9.97. The number of nitrogens with one attached hydrogen (secondary N) is 1. The lowest BCUT2D eigenvalue weighted by molar-refractivity contribution is -0.192. The molecular formula is C20H29F3N4O5. The normalized spacial score (nSPS) is 26.7. The highest BCUT2D eigenvalue weighted by molar-refractivity contribution is 5.91. The largest absolute Gasteiger partial charge is 0.490 e. The summed E-state index contributed by atoms with van der Waals surface area (Å²) in [5.41, 5.74) is 0. The zero-order valence-corrected chi connectivity index (χ0v) is 17.9. The number of carbonyl (C=O) groups is 2. The summed E-state index contributed by atoms with van der Waals surface area (Å²) in [6, 6.07) is 0.456. The molecule has 1 aromatic rings. The van der Waals surface area contributed by atoms with E-state index in [0.717, 1.165) is 58.6 Å². The molecule has 0 saturated carbocycles. The summed E-state index contributed by atoms with van der Waals surface area (Å²) in [6.07, 6.45) is 2.99. The lowest BCUT2D eigenvalue weighted by Crippen LogP contribution is -2.48. The Balaban J connectivity index is 0.000000360. The minimum Gasteiger partial charge on any atom is -0.475 e. The fraction of sp³-hybridized carbons (Fsp3) is 0.750. The van der Waals surface area contributed by atoms with Gasteiger partial charge in [0, 0.05) is 58.4 Å². The summed E-state index contributed by atoms with van der Waals surface area (Å²) in [5, 5.41) is 10.3. The minimum atomic E-state index is -5.08. The molecule has 0 bridgehead atoms. The van der Waals surface area contributed by atoms with Crippen molar-refractivity contribution in [2.45, 2.75) is 50.0 Å². The molecule has 12 heteroatoms. The van der Waals surface area contributed by atoms with Crippen LogP contribution in [0.25, 0.3) is 0 Å². The molecule has 0 aromatic carbocycles. The Morgan fingerprint density at radius 3 is 2.53 bits per heavy atom. The zero-order valence-electron chi connectivity index (χ0n) is 17.9. The van der Waals surface area contributed by atoms with Crippen molar-refractivity contribution < 1.29 is 37.3 Å². The number of aromatic nitrogens is 2. The van der Waals surface area contributed by atoms with Crippen molar-refractivity contribution in [1.29, 1.82) is 0 Å². The molecule has 0 aliphatic carbocycles. The van der Waals surface area contributed by atoms with Crippen LogP contribution in [0.1, 0.15) is 36.3 Å². The Morgan fingerprint density at radius 2 is 1.94 bits per heavy atom. The number of rotatable bonds is 4. The average molecular weight is 462 g/mol. The fourth-order valence-electron chi connectivity index (χ4n) is 4.47. The van der Waals surface area contributed by atoms with E-state index in [2.05, 4.69) is 15.2 Å². The number of hydrogen-bond donors (Lipinski definition) is 2. The second-order valence-corrected chi connectivity index (χ2v) is 8.30. The number of aliphatic carboxylic acids is 1. The number of nitrogens with zero attached hydrogens (tertiary/aromatic N) is 3. The number of carboxylic acids is 1. The van der Waals surface area contributed by atoms with Crippen molar-refractivity contribution in [3.8, 4) is 0 Å². The molecule has 0 unspecified atom stereocenters.